The summed E-state index contributed by atoms with van der Waals surface area (Å²) in [6.07, 6.45) is 2.60. The lowest BCUT2D eigenvalue weighted by Gasteiger charge is -2.15. The Morgan fingerprint density at radius 3 is 2.71 bits per heavy atom. The predicted octanol–water partition coefficient (Wildman–Crippen LogP) is 6.22. The number of nitrogens with one attached hydrogen (secondary N) is 4. The molecule has 4 N–H and O–H groups in total. The molecular formula is C21H24ClF2N5S2. The molecule has 166 valence electrons. The largest absolute Gasteiger partial charge is 0.385 e. The third-order valence-electron chi connectivity index (χ3n) is 4.34. The lowest BCUT2D eigenvalue weighted by Crippen LogP contribution is -2.17. The van der Waals surface area contributed by atoms with Crippen molar-refractivity contribution < 1.29 is 8.78 Å². The molecular weight excluding hydrogens is 460 g/mol. The maximum absolute atomic E-state index is 14.6. The fraction of sp³-hybridized carbons (Fsp3) is 0.286. The average Bonchev–Trinajstić information content (AvgIpc) is 3.27. The summed E-state index contributed by atoms with van der Waals surface area (Å²) in [5.74, 6) is -1.05. The molecule has 0 fully saturated rings. The normalized spacial score (nSPS) is 10.8. The predicted molar refractivity (Wildman–Crippen MR) is 128 cm³/mol. The summed E-state index contributed by atoms with van der Waals surface area (Å²) < 4.78 is 31.9. The quantitative estimate of drug-likeness (QED) is 0.181. The van der Waals surface area contributed by atoms with E-state index in [9.17, 15) is 8.78 Å². The summed E-state index contributed by atoms with van der Waals surface area (Å²) in [7, 11) is 0. The Balaban J connectivity index is 1.61. The highest BCUT2D eigenvalue weighted by Crippen LogP contribution is 2.30. The van der Waals surface area contributed by atoms with Crippen LogP contribution in [0, 0.1) is 11.6 Å². The van der Waals surface area contributed by atoms with E-state index >= 15 is 0 Å². The fourth-order valence-corrected chi connectivity index (χ4v) is 4.22. The molecule has 10 heteroatoms. The fourth-order valence-electron chi connectivity index (χ4n) is 2.79. The van der Waals surface area contributed by atoms with Gasteiger partial charge in [-0.3, -0.25) is 0 Å². The maximum Gasteiger partial charge on any atom is 0.192 e. The Labute approximate surface area is 194 Å². The van der Waals surface area contributed by atoms with Crippen LogP contribution in [0.15, 0.2) is 46.8 Å². The van der Waals surface area contributed by atoms with Gasteiger partial charge in [0, 0.05) is 41.4 Å². The van der Waals surface area contributed by atoms with Gasteiger partial charge in [0.05, 0.1) is 10.6 Å². The molecule has 2 aromatic carbocycles. The zero-order valence-corrected chi connectivity index (χ0v) is 19.4. The summed E-state index contributed by atoms with van der Waals surface area (Å²) in [4.78, 5) is 4.21. The van der Waals surface area contributed by atoms with Crippen LogP contribution >= 0.6 is 34.9 Å². The molecule has 0 aliphatic carbocycles. The first-order chi connectivity index (χ1) is 15.1. The Morgan fingerprint density at radius 1 is 1.06 bits per heavy atom. The van der Waals surface area contributed by atoms with Crippen molar-refractivity contribution in [2.45, 2.75) is 24.8 Å². The Hall–Kier alpha value is -2.07. The highest BCUT2D eigenvalue weighted by Gasteiger charge is 2.12. The van der Waals surface area contributed by atoms with E-state index in [-0.39, 0.29) is 10.6 Å². The number of benzene rings is 2. The standard InChI is InChI=1S/C21H24ClF2N5S2/c1-2-25-6-3-7-26-18-10-15(22)5-4-14(18)13-28-19-11-17(24)20(12-16(19)23)31-29-21-27-8-9-30-21/h4-5,8-12,25-26,28H,2-3,6-7,13H2,1H3,(H,27,29). The Bertz CT molecular complexity index is 973. The minimum absolute atomic E-state index is 0.101. The molecule has 31 heavy (non-hydrogen) atoms. The number of aromatic nitrogens is 1. The molecule has 0 aliphatic heterocycles. The Kier molecular flexibility index (Phi) is 9.20. The topological polar surface area (TPSA) is 61.0 Å². The smallest absolute Gasteiger partial charge is 0.192 e. The molecule has 3 rings (SSSR count). The van der Waals surface area contributed by atoms with E-state index in [1.807, 2.05) is 12.1 Å². The molecule has 0 radical (unpaired) electrons. The number of thiazole rings is 1. The third-order valence-corrected chi connectivity index (χ3v) is 6.22. The zero-order chi connectivity index (χ0) is 22.1. The van der Waals surface area contributed by atoms with Gasteiger partial charge in [-0.25, -0.2) is 13.8 Å². The summed E-state index contributed by atoms with van der Waals surface area (Å²) >= 11 is 8.50. The first-order valence-electron chi connectivity index (χ1n) is 9.85. The Morgan fingerprint density at radius 2 is 1.94 bits per heavy atom. The molecule has 5 nitrogen and oxygen atoms in total. The summed E-state index contributed by atoms with van der Waals surface area (Å²) in [5, 5.41) is 12.7. The van der Waals surface area contributed by atoms with Gasteiger partial charge < -0.3 is 20.7 Å². The van der Waals surface area contributed by atoms with Crippen LogP contribution in [-0.2, 0) is 6.54 Å². The molecule has 0 unspecified atom stereocenters. The third kappa shape index (κ3) is 7.24. The van der Waals surface area contributed by atoms with Gasteiger partial charge in [0.2, 0.25) is 0 Å². The number of nitrogens with zero attached hydrogens (tertiary/aromatic N) is 1. The molecule has 0 aliphatic rings. The van der Waals surface area contributed by atoms with Crippen molar-refractivity contribution >= 4 is 51.4 Å². The number of rotatable bonds is 12. The van der Waals surface area contributed by atoms with Gasteiger partial charge in [0.1, 0.15) is 11.6 Å². The van der Waals surface area contributed by atoms with Crippen molar-refractivity contribution in [2.75, 3.05) is 35.0 Å². The van der Waals surface area contributed by atoms with E-state index in [1.165, 1.54) is 23.5 Å². The van der Waals surface area contributed by atoms with Crippen molar-refractivity contribution in [1.29, 1.82) is 0 Å². The summed E-state index contributed by atoms with van der Waals surface area (Å²) in [6, 6.07) is 7.83. The van der Waals surface area contributed by atoms with Crippen LogP contribution in [0.1, 0.15) is 18.9 Å². The maximum atomic E-state index is 14.6. The molecule has 0 spiro atoms. The number of halogens is 3. The number of anilines is 3. The zero-order valence-electron chi connectivity index (χ0n) is 17.0. The van der Waals surface area contributed by atoms with Crippen molar-refractivity contribution in [2.24, 2.45) is 0 Å². The molecule has 1 heterocycles. The van der Waals surface area contributed by atoms with Crippen LogP contribution in [0.3, 0.4) is 0 Å². The van der Waals surface area contributed by atoms with Gasteiger partial charge in [-0.2, -0.15) is 0 Å². The highest BCUT2D eigenvalue weighted by molar-refractivity contribution is 8.00. The second-order valence-corrected chi connectivity index (χ2v) is 8.77. The van der Waals surface area contributed by atoms with Gasteiger partial charge in [0.25, 0.3) is 0 Å². The second kappa shape index (κ2) is 12.1. The molecule has 0 saturated carbocycles. The van der Waals surface area contributed by atoms with Gasteiger partial charge in [-0.05, 0) is 55.2 Å². The van der Waals surface area contributed by atoms with Crippen LogP contribution < -0.4 is 20.7 Å². The van der Waals surface area contributed by atoms with E-state index in [1.54, 1.807) is 17.6 Å². The molecule has 0 saturated heterocycles. The first kappa shape index (κ1) is 23.6. The number of hydrogen-bond acceptors (Lipinski definition) is 7. The van der Waals surface area contributed by atoms with Gasteiger partial charge in [-0.1, -0.05) is 24.6 Å². The van der Waals surface area contributed by atoms with E-state index < -0.39 is 11.6 Å². The molecule has 0 atom stereocenters. The average molecular weight is 484 g/mol. The van der Waals surface area contributed by atoms with Crippen LogP contribution in [0.2, 0.25) is 5.02 Å². The minimum atomic E-state index is -0.529. The highest BCUT2D eigenvalue weighted by atomic mass is 35.5. The van der Waals surface area contributed by atoms with Crippen molar-refractivity contribution in [1.82, 2.24) is 10.3 Å². The van der Waals surface area contributed by atoms with E-state index in [4.69, 9.17) is 11.6 Å². The first-order valence-corrected chi connectivity index (χ1v) is 11.9. The van der Waals surface area contributed by atoms with Crippen molar-refractivity contribution in [3.8, 4) is 0 Å². The molecule has 1 aromatic heterocycles. The van der Waals surface area contributed by atoms with E-state index in [0.717, 1.165) is 49.3 Å². The van der Waals surface area contributed by atoms with E-state index in [2.05, 4.69) is 32.6 Å². The van der Waals surface area contributed by atoms with Crippen LogP contribution in [0.4, 0.5) is 25.3 Å². The second-order valence-electron chi connectivity index (χ2n) is 6.59. The van der Waals surface area contributed by atoms with Crippen LogP contribution in [-0.4, -0.2) is 24.6 Å². The van der Waals surface area contributed by atoms with Gasteiger partial charge in [-0.15, -0.1) is 11.3 Å². The SMILES string of the molecule is CCNCCCNc1cc(Cl)ccc1CNc1cc(F)c(SNc2nccs2)cc1F. The monoisotopic (exact) mass is 483 g/mol. The minimum Gasteiger partial charge on any atom is -0.385 e. The van der Waals surface area contributed by atoms with Gasteiger partial charge in [0.15, 0.2) is 5.13 Å². The van der Waals surface area contributed by atoms with Crippen molar-refractivity contribution in [3.63, 3.8) is 0 Å². The van der Waals surface area contributed by atoms with Crippen LogP contribution in [0.25, 0.3) is 0 Å². The molecule has 0 bridgehead atoms. The van der Waals surface area contributed by atoms with E-state index in [0.29, 0.717) is 16.7 Å². The lowest BCUT2D eigenvalue weighted by molar-refractivity contribution is 0.579. The molecule has 0 amide bonds. The lowest BCUT2D eigenvalue weighted by atomic mass is 10.1. The van der Waals surface area contributed by atoms with Crippen LogP contribution in [0.5, 0.6) is 0 Å². The summed E-state index contributed by atoms with van der Waals surface area (Å²) in [6.45, 7) is 5.03. The number of hydrogen-bond donors (Lipinski definition) is 4. The van der Waals surface area contributed by atoms with Crippen molar-refractivity contribution in [3.05, 3.63) is 64.1 Å². The molecule has 3 aromatic rings. The summed E-state index contributed by atoms with van der Waals surface area (Å²) in [5.41, 5.74) is 1.89. The van der Waals surface area contributed by atoms with Gasteiger partial charge >= 0.3 is 0 Å².